The van der Waals surface area contributed by atoms with E-state index in [1.54, 1.807) is 12.1 Å². The average Bonchev–Trinajstić information content (AvgIpc) is 3.12. The number of rotatable bonds is 6. The van der Waals surface area contributed by atoms with Gasteiger partial charge in [-0.05, 0) is 25.1 Å². The largest absolute Gasteiger partial charge is 0.420 e. The number of Topliss-reactive ketones (excluding diaryl/α,β-unsaturated/α-hetero) is 1. The van der Waals surface area contributed by atoms with Crippen LogP contribution in [0.1, 0.15) is 22.3 Å². The fourth-order valence-electron chi connectivity index (χ4n) is 2.22. The molecular formula is C15H14N4O5S. The Hall–Kier alpha value is -2.85. The lowest BCUT2D eigenvalue weighted by Crippen LogP contribution is -2.24. The van der Waals surface area contributed by atoms with Gasteiger partial charge in [-0.3, -0.25) is 19.5 Å². The molecule has 0 saturated carbocycles. The molecule has 0 atom stereocenters. The van der Waals surface area contributed by atoms with Gasteiger partial charge in [0.1, 0.15) is 18.2 Å². The molecular weight excluding hydrogens is 348 g/mol. The van der Waals surface area contributed by atoms with Gasteiger partial charge in [0.25, 0.3) is 0 Å². The lowest BCUT2D eigenvalue weighted by Gasteiger charge is -2.02. The van der Waals surface area contributed by atoms with Crippen molar-refractivity contribution in [2.24, 2.45) is 0 Å². The van der Waals surface area contributed by atoms with Gasteiger partial charge < -0.3 is 9.15 Å². The maximum absolute atomic E-state index is 12.2. The van der Waals surface area contributed by atoms with Crippen LogP contribution >= 0.6 is 11.3 Å². The molecule has 0 fully saturated rings. The van der Waals surface area contributed by atoms with Gasteiger partial charge in [-0.2, -0.15) is 0 Å². The van der Waals surface area contributed by atoms with Crippen molar-refractivity contribution in [2.75, 3.05) is 12.4 Å². The summed E-state index contributed by atoms with van der Waals surface area (Å²) in [5.41, 5.74) is 1.11. The average molecular weight is 362 g/mol. The Balaban J connectivity index is 1.79. The molecule has 2 heterocycles. The number of aromatic nitrogens is 3. The summed E-state index contributed by atoms with van der Waals surface area (Å²) in [4.78, 5) is 35.5. The van der Waals surface area contributed by atoms with E-state index in [0.717, 1.165) is 0 Å². The number of nitrogens with zero attached hydrogens (tertiary/aromatic N) is 3. The van der Waals surface area contributed by atoms with Gasteiger partial charge in [-0.15, -0.1) is 10.2 Å². The minimum atomic E-state index is -0.678. The SMILES string of the molecule is COCc1nnc(NC(=O)Cn2c(=O)oc3cc(C(C)=O)ccc32)s1. The number of ketones is 1. The van der Waals surface area contributed by atoms with Gasteiger partial charge in [-0.1, -0.05) is 11.3 Å². The Morgan fingerprint density at radius 2 is 2.16 bits per heavy atom. The van der Waals surface area contributed by atoms with Crippen molar-refractivity contribution in [3.63, 3.8) is 0 Å². The minimum Gasteiger partial charge on any atom is -0.408 e. The number of hydrogen-bond donors (Lipinski definition) is 1. The first-order valence-corrected chi connectivity index (χ1v) is 8.05. The van der Waals surface area contributed by atoms with Gasteiger partial charge in [0.2, 0.25) is 11.0 Å². The number of carbonyl (C=O) groups excluding carboxylic acids is 2. The minimum absolute atomic E-state index is 0.141. The summed E-state index contributed by atoms with van der Waals surface area (Å²) in [6.45, 7) is 1.48. The van der Waals surface area contributed by atoms with Crippen LogP contribution in [-0.2, 0) is 22.7 Å². The highest BCUT2D eigenvalue weighted by Crippen LogP contribution is 2.17. The molecule has 0 spiro atoms. The van der Waals surface area contributed by atoms with Gasteiger partial charge >= 0.3 is 5.76 Å². The second-order valence-corrected chi connectivity index (χ2v) is 6.24. The molecule has 130 valence electrons. The number of oxazole rings is 1. The van der Waals surface area contributed by atoms with E-state index in [0.29, 0.717) is 27.8 Å². The summed E-state index contributed by atoms with van der Waals surface area (Å²) in [5, 5.41) is 11.2. The second-order valence-electron chi connectivity index (χ2n) is 5.17. The summed E-state index contributed by atoms with van der Waals surface area (Å²) in [6, 6.07) is 4.64. The van der Waals surface area contributed by atoms with Gasteiger partial charge in [0.15, 0.2) is 11.4 Å². The quantitative estimate of drug-likeness (QED) is 0.659. The summed E-state index contributed by atoms with van der Waals surface area (Å²) in [7, 11) is 1.54. The van der Waals surface area contributed by atoms with Crippen molar-refractivity contribution < 1.29 is 18.7 Å². The zero-order chi connectivity index (χ0) is 18.0. The summed E-state index contributed by atoms with van der Waals surface area (Å²) < 4.78 is 11.2. The van der Waals surface area contributed by atoms with Gasteiger partial charge in [0, 0.05) is 12.7 Å². The van der Waals surface area contributed by atoms with Crippen molar-refractivity contribution in [1.29, 1.82) is 0 Å². The topological polar surface area (TPSA) is 116 Å². The number of carbonyl (C=O) groups is 2. The van der Waals surface area contributed by atoms with Crippen LogP contribution in [-0.4, -0.2) is 33.6 Å². The monoisotopic (exact) mass is 362 g/mol. The third kappa shape index (κ3) is 3.64. The third-order valence-electron chi connectivity index (χ3n) is 3.36. The molecule has 0 saturated heterocycles. The van der Waals surface area contributed by atoms with Crippen LogP contribution in [0.4, 0.5) is 5.13 Å². The molecule has 10 heteroatoms. The molecule has 0 radical (unpaired) electrons. The first-order valence-electron chi connectivity index (χ1n) is 7.23. The van der Waals surface area contributed by atoms with E-state index in [9.17, 15) is 14.4 Å². The fourth-order valence-corrected chi connectivity index (χ4v) is 2.95. The molecule has 1 aromatic carbocycles. The van der Waals surface area contributed by atoms with E-state index >= 15 is 0 Å². The molecule has 25 heavy (non-hydrogen) atoms. The van der Waals surface area contributed by atoms with E-state index in [2.05, 4.69) is 15.5 Å². The number of fused-ring (bicyclic) bond motifs is 1. The zero-order valence-electron chi connectivity index (χ0n) is 13.4. The molecule has 2 aromatic heterocycles. The smallest absolute Gasteiger partial charge is 0.408 e. The number of ether oxygens (including phenoxy) is 1. The molecule has 3 rings (SSSR count). The summed E-state index contributed by atoms with van der Waals surface area (Å²) in [6.07, 6.45) is 0. The predicted molar refractivity (Wildman–Crippen MR) is 89.7 cm³/mol. The first kappa shape index (κ1) is 17.0. The highest BCUT2D eigenvalue weighted by molar-refractivity contribution is 7.15. The lowest BCUT2D eigenvalue weighted by atomic mass is 10.1. The van der Waals surface area contributed by atoms with Crippen molar-refractivity contribution in [1.82, 2.24) is 14.8 Å². The predicted octanol–water partition coefficient (Wildman–Crippen LogP) is 1.43. The highest BCUT2D eigenvalue weighted by Gasteiger charge is 2.15. The van der Waals surface area contributed by atoms with Crippen LogP contribution in [0.15, 0.2) is 27.4 Å². The van der Waals surface area contributed by atoms with E-state index in [4.69, 9.17) is 9.15 Å². The van der Waals surface area contributed by atoms with Crippen LogP contribution in [0.3, 0.4) is 0 Å². The van der Waals surface area contributed by atoms with Crippen LogP contribution in [0.2, 0.25) is 0 Å². The van der Waals surface area contributed by atoms with Gasteiger partial charge in [-0.25, -0.2) is 4.79 Å². The van der Waals surface area contributed by atoms with Crippen molar-refractivity contribution >= 4 is 39.3 Å². The van der Waals surface area contributed by atoms with E-state index in [-0.39, 0.29) is 17.9 Å². The molecule has 0 bridgehead atoms. The van der Waals surface area contributed by atoms with Crippen LogP contribution < -0.4 is 11.1 Å². The van der Waals surface area contributed by atoms with Crippen LogP contribution in [0.25, 0.3) is 11.1 Å². The van der Waals surface area contributed by atoms with Gasteiger partial charge in [0.05, 0.1) is 5.52 Å². The number of nitrogens with one attached hydrogen (secondary N) is 1. The van der Waals surface area contributed by atoms with Crippen molar-refractivity contribution in [3.8, 4) is 0 Å². The number of methoxy groups -OCH3 is 1. The molecule has 1 amide bonds. The maximum Gasteiger partial charge on any atom is 0.420 e. The fraction of sp³-hybridized carbons (Fsp3) is 0.267. The van der Waals surface area contributed by atoms with E-state index in [1.807, 2.05) is 0 Å². The molecule has 9 nitrogen and oxygen atoms in total. The Morgan fingerprint density at radius 1 is 1.36 bits per heavy atom. The molecule has 0 unspecified atom stereocenters. The zero-order valence-corrected chi connectivity index (χ0v) is 14.3. The molecule has 3 aromatic rings. The number of anilines is 1. The Bertz CT molecular complexity index is 1000. The molecule has 0 aliphatic rings. The number of hydrogen-bond acceptors (Lipinski definition) is 8. The highest BCUT2D eigenvalue weighted by atomic mass is 32.1. The maximum atomic E-state index is 12.2. The standard InChI is InChI=1S/C15H14N4O5S/c1-8(20)9-3-4-10-11(5-9)24-15(22)19(10)6-12(21)16-14-18-17-13(25-14)7-23-2/h3-5H,6-7H2,1-2H3,(H,16,18,21). The summed E-state index contributed by atoms with van der Waals surface area (Å²) in [5.74, 6) is -1.26. The normalized spacial score (nSPS) is 11.0. The molecule has 1 N–H and O–H groups in total. The first-order chi connectivity index (χ1) is 12.0. The Labute approximate surface area is 145 Å². The summed E-state index contributed by atoms with van der Waals surface area (Å²) >= 11 is 1.18. The van der Waals surface area contributed by atoms with Crippen molar-refractivity contribution in [2.45, 2.75) is 20.1 Å². The van der Waals surface area contributed by atoms with Crippen LogP contribution in [0.5, 0.6) is 0 Å². The third-order valence-corrected chi connectivity index (χ3v) is 4.17. The van der Waals surface area contributed by atoms with E-state index in [1.165, 1.54) is 36.0 Å². The van der Waals surface area contributed by atoms with Crippen molar-refractivity contribution in [3.05, 3.63) is 39.3 Å². The Kier molecular flexibility index (Phi) is 4.72. The number of amides is 1. The Morgan fingerprint density at radius 3 is 2.88 bits per heavy atom. The lowest BCUT2D eigenvalue weighted by molar-refractivity contribution is -0.116. The second kappa shape index (κ2) is 6.95. The van der Waals surface area contributed by atoms with Crippen LogP contribution in [0, 0.1) is 0 Å². The molecule has 0 aliphatic carbocycles. The number of benzene rings is 1. The molecule has 0 aliphatic heterocycles. The van der Waals surface area contributed by atoms with E-state index < -0.39 is 11.7 Å².